The monoisotopic (exact) mass is 316 g/mol. The highest BCUT2D eigenvalue weighted by Gasteiger charge is 2.34. The van der Waals surface area contributed by atoms with Gasteiger partial charge in [-0.3, -0.25) is 19.8 Å². The molecule has 0 spiro atoms. The van der Waals surface area contributed by atoms with Crippen LogP contribution in [-0.2, 0) is 0 Å². The molecule has 2 aromatic rings. The largest absolute Gasteiger partial charge is 0.401 e. The van der Waals surface area contributed by atoms with E-state index in [1.807, 2.05) is 0 Å². The number of alkyl halides is 3. The first-order valence-corrected chi connectivity index (χ1v) is 6.87. The zero-order valence-corrected chi connectivity index (χ0v) is 11.6. The number of rotatable bonds is 4. The number of hydrogen-bond acceptors (Lipinski definition) is 5. The third-order valence-corrected chi connectivity index (χ3v) is 3.65. The molecular formula is C12H15F3N6O. The number of H-pyrrole nitrogens is 2. The van der Waals surface area contributed by atoms with Crippen LogP contribution in [0.15, 0.2) is 11.0 Å². The standard InChI is InChI=1S/C12H15F3N6O/c13-12(14,15)6-21-2-1-7(5-21)3-16-11-18-9-8(4-17-20-9)10(22)19-11/h4,7H,1-3,5-6H2,(H3,16,17,18,19,20,22). The molecule has 2 aromatic heterocycles. The quantitative estimate of drug-likeness (QED) is 0.781. The van der Waals surface area contributed by atoms with E-state index in [1.54, 1.807) is 0 Å². The summed E-state index contributed by atoms with van der Waals surface area (Å²) >= 11 is 0. The Balaban J connectivity index is 1.57. The Labute approximate surface area is 122 Å². The molecular weight excluding hydrogens is 301 g/mol. The molecule has 3 heterocycles. The van der Waals surface area contributed by atoms with Crippen molar-refractivity contribution in [1.82, 2.24) is 25.1 Å². The molecule has 1 saturated heterocycles. The first-order valence-electron chi connectivity index (χ1n) is 6.87. The Morgan fingerprint density at radius 3 is 3.05 bits per heavy atom. The highest BCUT2D eigenvalue weighted by Crippen LogP contribution is 2.22. The SMILES string of the molecule is O=c1[nH]c(NCC2CCN(CC(F)(F)F)C2)nc2[nH]ncc12. The second-order valence-electron chi connectivity index (χ2n) is 5.43. The van der Waals surface area contributed by atoms with Crippen LogP contribution in [0.1, 0.15) is 6.42 Å². The Morgan fingerprint density at radius 2 is 2.27 bits per heavy atom. The van der Waals surface area contributed by atoms with E-state index in [-0.39, 0.29) is 17.4 Å². The molecule has 10 heteroatoms. The number of nitrogens with zero attached hydrogens (tertiary/aromatic N) is 3. The lowest BCUT2D eigenvalue weighted by Crippen LogP contribution is -2.33. The number of hydrogen-bond donors (Lipinski definition) is 3. The molecule has 1 unspecified atom stereocenters. The summed E-state index contributed by atoms with van der Waals surface area (Å²) in [6.07, 6.45) is -2.10. The Morgan fingerprint density at radius 1 is 1.45 bits per heavy atom. The summed E-state index contributed by atoms with van der Waals surface area (Å²) in [6, 6.07) is 0. The molecule has 3 rings (SSSR count). The summed E-state index contributed by atoms with van der Waals surface area (Å²) in [6.45, 7) is 0.383. The van der Waals surface area contributed by atoms with Gasteiger partial charge in [0.25, 0.3) is 5.56 Å². The third kappa shape index (κ3) is 3.38. The maximum atomic E-state index is 12.3. The predicted octanol–water partition coefficient (Wildman–Crippen LogP) is 0.942. The van der Waals surface area contributed by atoms with Crippen molar-refractivity contribution < 1.29 is 13.2 Å². The second kappa shape index (κ2) is 5.59. The Kier molecular flexibility index (Phi) is 3.77. The molecule has 0 radical (unpaired) electrons. The summed E-state index contributed by atoms with van der Waals surface area (Å²) in [7, 11) is 0. The lowest BCUT2D eigenvalue weighted by atomic mass is 10.1. The lowest BCUT2D eigenvalue weighted by molar-refractivity contribution is -0.143. The van der Waals surface area contributed by atoms with Gasteiger partial charge in [0.05, 0.1) is 12.7 Å². The highest BCUT2D eigenvalue weighted by molar-refractivity contribution is 5.73. The Bertz CT molecular complexity index is 709. The number of aromatic nitrogens is 4. The Hall–Kier alpha value is -2.10. The fourth-order valence-electron chi connectivity index (χ4n) is 2.65. The number of halogens is 3. The lowest BCUT2D eigenvalue weighted by Gasteiger charge is -2.18. The molecule has 1 aliphatic heterocycles. The number of likely N-dealkylation sites (tertiary alicyclic amines) is 1. The summed E-state index contributed by atoms with van der Waals surface area (Å²) in [5, 5.41) is 9.68. The zero-order chi connectivity index (χ0) is 15.7. The molecule has 0 amide bonds. The van der Waals surface area contributed by atoms with E-state index in [4.69, 9.17) is 0 Å². The van der Waals surface area contributed by atoms with Crippen molar-refractivity contribution >= 4 is 17.0 Å². The van der Waals surface area contributed by atoms with E-state index in [0.29, 0.717) is 37.1 Å². The van der Waals surface area contributed by atoms with E-state index in [9.17, 15) is 18.0 Å². The van der Waals surface area contributed by atoms with Crippen molar-refractivity contribution in [2.24, 2.45) is 5.92 Å². The van der Waals surface area contributed by atoms with Gasteiger partial charge >= 0.3 is 6.18 Å². The molecule has 120 valence electrons. The fourth-order valence-corrected chi connectivity index (χ4v) is 2.65. The van der Waals surface area contributed by atoms with E-state index in [2.05, 4.69) is 25.5 Å². The maximum Gasteiger partial charge on any atom is 0.401 e. The van der Waals surface area contributed by atoms with Crippen LogP contribution < -0.4 is 10.9 Å². The topological polar surface area (TPSA) is 89.7 Å². The molecule has 1 atom stereocenters. The summed E-state index contributed by atoms with van der Waals surface area (Å²) in [5.41, 5.74) is 0.0581. The number of anilines is 1. The molecule has 22 heavy (non-hydrogen) atoms. The molecule has 0 saturated carbocycles. The van der Waals surface area contributed by atoms with Gasteiger partial charge in [0.1, 0.15) is 5.39 Å². The maximum absolute atomic E-state index is 12.3. The van der Waals surface area contributed by atoms with Gasteiger partial charge in [-0.1, -0.05) is 0 Å². The van der Waals surface area contributed by atoms with E-state index in [1.165, 1.54) is 11.1 Å². The highest BCUT2D eigenvalue weighted by atomic mass is 19.4. The van der Waals surface area contributed by atoms with Gasteiger partial charge in [-0.2, -0.15) is 23.3 Å². The molecule has 3 N–H and O–H groups in total. The fraction of sp³-hybridized carbons (Fsp3) is 0.583. The van der Waals surface area contributed by atoms with Crippen LogP contribution in [0, 0.1) is 5.92 Å². The van der Waals surface area contributed by atoms with Gasteiger partial charge in [0.2, 0.25) is 5.95 Å². The van der Waals surface area contributed by atoms with E-state index in [0.717, 1.165) is 0 Å². The van der Waals surface area contributed by atoms with Crippen LogP contribution >= 0.6 is 0 Å². The van der Waals surface area contributed by atoms with Crippen LogP contribution in [-0.4, -0.2) is 57.4 Å². The van der Waals surface area contributed by atoms with E-state index >= 15 is 0 Å². The van der Waals surface area contributed by atoms with Crippen molar-refractivity contribution in [2.75, 3.05) is 31.5 Å². The average molecular weight is 316 g/mol. The number of fused-ring (bicyclic) bond motifs is 1. The average Bonchev–Trinajstić information content (AvgIpc) is 3.03. The smallest absolute Gasteiger partial charge is 0.355 e. The first kappa shape index (κ1) is 14.8. The second-order valence-corrected chi connectivity index (χ2v) is 5.43. The molecule has 1 aliphatic rings. The zero-order valence-electron chi connectivity index (χ0n) is 11.6. The van der Waals surface area contributed by atoms with Crippen LogP contribution in [0.4, 0.5) is 19.1 Å². The molecule has 0 aliphatic carbocycles. The predicted molar refractivity (Wildman–Crippen MR) is 73.6 cm³/mol. The number of nitrogens with one attached hydrogen (secondary N) is 3. The van der Waals surface area contributed by atoms with Gasteiger partial charge < -0.3 is 5.32 Å². The molecule has 0 aromatic carbocycles. The molecule has 1 fully saturated rings. The minimum atomic E-state index is -4.17. The minimum Gasteiger partial charge on any atom is -0.355 e. The van der Waals surface area contributed by atoms with E-state index < -0.39 is 12.7 Å². The van der Waals surface area contributed by atoms with Gasteiger partial charge in [-0.15, -0.1) is 0 Å². The summed E-state index contributed by atoms with van der Waals surface area (Å²) in [4.78, 5) is 19.9. The van der Waals surface area contributed by atoms with Crippen molar-refractivity contribution in [2.45, 2.75) is 12.6 Å². The van der Waals surface area contributed by atoms with Crippen molar-refractivity contribution in [3.8, 4) is 0 Å². The summed E-state index contributed by atoms with van der Waals surface area (Å²) in [5.74, 6) is 0.376. The minimum absolute atomic E-state index is 0.0881. The van der Waals surface area contributed by atoms with Crippen molar-refractivity contribution in [3.05, 3.63) is 16.6 Å². The van der Waals surface area contributed by atoms with Gasteiger partial charge in [0, 0.05) is 13.1 Å². The van der Waals surface area contributed by atoms with Crippen LogP contribution in [0.3, 0.4) is 0 Å². The molecule has 0 bridgehead atoms. The van der Waals surface area contributed by atoms with Crippen molar-refractivity contribution in [1.29, 1.82) is 0 Å². The van der Waals surface area contributed by atoms with Crippen molar-refractivity contribution in [3.63, 3.8) is 0 Å². The summed E-state index contributed by atoms with van der Waals surface area (Å²) < 4.78 is 37.0. The third-order valence-electron chi connectivity index (χ3n) is 3.65. The van der Waals surface area contributed by atoms with Gasteiger partial charge in [-0.25, -0.2) is 0 Å². The van der Waals surface area contributed by atoms with Crippen LogP contribution in [0.5, 0.6) is 0 Å². The van der Waals surface area contributed by atoms with Crippen LogP contribution in [0.25, 0.3) is 11.0 Å². The number of aromatic amines is 2. The normalized spacial score (nSPS) is 19.9. The van der Waals surface area contributed by atoms with Gasteiger partial charge in [-0.05, 0) is 18.9 Å². The molecule has 7 nitrogen and oxygen atoms in total. The van der Waals surface area contributed by atoms with Crippen LogP contribution in [0.2, 0.25) is 0 Å². The first-order chi connectivity index (χ1) is 10.4. The van der Waals surface area contributed by atoms with Gasteiger partial charge in [0.15, 0.2) is 5.65 Å².